The Bertz CT molecular complexity index is 1470. The van der Waals surface area contributed by atoms with E-state index in [2.05, 4.69) is 15.3 Å². The maximum absolute atomic E-state index is 10.8. The Morgan fingerprint density at radius 1 is 1.06 bits per heavy atom. The van der Waals surface area contributed by atoms with Crippen molar-refractivity contribution >= 4 is 33.3 Å². The molecule has 0 fully saturated rings. The van der Waals surface area contributed by atoms with E-state index in [0.717, 1.165) is 38.8 Å². The van der Waals surface area contributed by atoms with E-state index in [1.165, 1.54) is 0 Å². The van der Waals surface area contributed by atoms with Crippen LogP contribution in [0, 0.1) is 0 Å². The number of para-hydroxylation sites is 1. The van der Waals surface area contributed by atoms with Gasteiger partial charge in [-0.15, -0.1) is 5.10 Å². The molecule has 5 aromatic rings. The number of benzene rings is 3. The van der Waals surface area contributed by atoms with E-state index in [9.17, 15) is 5.11 Å². The van der Waals surface area contributed by atoms with Gasteiger partial charge in [0.15, 0.2) is 5.88 Å². The Morgan fingerprint density at radius 3 is 2.56 bits per heavy atom. The molecule has 0 saturated carbocycles. The van der Waals surface area contributed by atoms with Gasteiger partial charge in [0.05, 0.1) is 22.5 Å². The van der Waals surface area contributed by atoms with Gasteiger partial charge in [-0.1, -0.05) is 41.6 Å². The second-order valence-electron chi connectivity index (χ2n) is 8.54. The number of hydrogen-bond donors (Lipinski definition) is 3. The van der Waals surface area contributed by atoms with Crippen LogP contribution in [-0.4, -0.2) is 30.8 Å². The highest BCUT2D eigenvalue weighted by molar-refractivity contribution is 6.22. The van der Waals surface area contributed by atoms with Crippen molar-refractivity contribution in [1.82, 2.24) is 20.0 Å². The molecule has 3 aromatic carbocycles. The van der Waals surface area contributed by atoms with Crippen molar-refractivity contribution in [1.29, 1.82) is 0 Å². The molecule has 0 aliphatic carbocycles. The average Bonchev–Trinajstić information content (AvgIpc) is 3.30. The topological polar surface area (TPSA) is 105 Å². The minimum atomic E-state index is -0.433. The number of aromatic amines is 1. The second-order valence-corrected chi connectivity index (χ2v) is 8.54. The highest BCUT2D eigenvalue weighted by Gasteiger charge is 2.20. The quantitative estimate of drug-likeness (QED) is 0.369. The van der Waals surface area contributed by atoms with Gasteiger partial charge < -0.3 is 15.8 Å². The fourth-order valence-electron chi connectivity index (χ4n) is 3.91. The van der Waals surface area contributed by atoms with Crippen LogP contribution >= 0.6 is 0 Å². The van der Waals surface area contributed by atoms with Gasteiger partial charge in [-0.3, -0.25) is 0 Å². The molecule has 32 heavy (non-hydrogen) atoms. The summed E-state index contributed by atoms with van der Waals surface area (Å²) >= 11 is 0. The Morgan fingerprint density at radius 2 is 1.81 bits per heavy atom. The number of nitrogens with one attached hydrogen (secondary N) is 1. The van der Waals surface area contributed by atoms with Gasteiger partial charge in [0, 0.05) is 29.1 Å². The van der Waals surface area contributed by atoms with E-state index in [-0.39, 0.29) is 5.88 Å². The molecule has 4 N–H and O–H groups in total. The van der Waals surface area contributed by atoms with Gasteiger partial charge >= 0.3 is 0 Å². The van der Waals surface area contributed by atoms with Gasteiger partial charge in [-0.05, 0) is 49.7 Å². The molecular formula is C25H24N6O. The summed E-state index contributed by atoms with van der Waals surface area (Å²) in [6.45, 7) is 3.94. The summed E-state index contributed by atoms with van der Waals surface area (Å²) in [6, 6.07) is 21.5. The zero-order valence-corrected chi connectivity index (χ0v) is 18.2. The molecule has 0 saturated heterocycles. The molecule has 0 aliphatic rings. The normalized spacial score (nSPS) is 12.7. The molecule has 0 radical (unpaired) electrons. The maximum Gasteiger partial charge on any atom is 0.199 e. The number of fused-ring (bicyclic) bond motifs is 2. The minimum absolute atomic E-state index is 0.0731. The van der Waals surface area contributed by atoms with Crippen molar-refractivity contribution in [2.45, 2.75) is 19.4 Å². The highest BCUT2D eigenvalue weighted by Crippen LogP contribution is 2.32. The average molecular weight is 425 g/mol. The SMILES string of the molecule is Cn1nnc2cc(C(=Nc3ccc(C(C)(C)N)cc3)c3c(O)[nH]c4ccccc34)ccc21. The molecule has 0 aliphatic heterocycles. The van der Waals surface area contributed by atoms with Crippen molar-refractivity contribution in [3.05, 3.63) is 83.4 Å². The number of aromatic hydroxyl groups is 1. The summed E-state index contributed by atoms with van der Waals surface area (Å²) in [5, 5.41) is 20.1. The summed E-state index contributed by atoms with van der Waals surface area (Å²) in [4.78, 5) is 8.02. The van der Waals surface area contributed by atoms with E-state index < -0.39 is 5.54 Å². The molecule has 2 heterocycles. The fraction of sp³-hybridized carbons (Fsp3) is 0.160. The predicted octanol–water partition coefficient (Wildman–Crippen LogP) is 4.52. The first kappa shape index (κ1) is 20.0. The molecule has 0 unspecified atom stereocenters. The third kappa shape index (κ3) is 3.42. The van der Waals surface area contributed by atoms with Gasteiger partial charge in [-0.2, -0.15) is 0 Å². The third-order valence-corrected chi connectivity index (χ3v) is 5.66. The van der Waals surface area contributed by atoms with Gasteiger partial charge in [0.25, 0.3) is 0 Å². The largest absolute Gasteiger partial charge is 0.494 e. The zero-order valence-electron chi connectivity index (χ0n) is 18.2. The Labute approximate surface area is 185 Å². The second kappa shape index (κ2) is 7.32. The number of aromatic nitrogens is 4. The number of aliphatic imine (C=N–C) groups is 1. The monoisotopic (exact) mass is 424 g/mol. The number of H-pyrrole nitrogens is 1. The third-order valence-electron chi connectivity index (χ3n) is 5.66. The number of nitrogens with zero attached hydrogens (tertiary/aromatic N) is 4. The Kier molecular flexibility index (Phi) is 4.56. The van der Waals surface area contributed by atoms with Crippen LogP contribution in [0.4, 0.5) is 5.69 Å². The van der Waals surface area contributed by atoms with Crippen LogP contribution < -0.4 is 5.73 Å². The number of aryl methyl sites for hydroxylation is 1. The molecule has 5 rings (SSSR count). The Hall–Kier alpha value is -3.97. The van der Waals surface area contributed by atoms with Gasteiger partial charge in [0.1, 0.15) is 5.52 Å². The first-order valence-electron chi connectivity index (χ1n) is 10.4. The van der Waals surface area contributed by atoms with Gasteiger partial charge in [-0.25, -0.2) is 9.67 Å². The molecule has 7 nitrogen and oxygen atoms in total. The Balaban J connectivity index is 1.73. The zero-order chi connectivity index (χ0) is 22.5. The lowest BCUT2D eigenvalue weighted by Gasteiger charge is -2.19. The van der Waals surface area contributed by atoms with Crippen LogP contribution in [-0.2, 0) is 12.6 Å². The predicted molar refractivity (Wildman–Crippen MR) is 127 cm³/mol. The van der Waals surface area contributed by atoms with Crippen LogP contribution in [0.1, 0.15) is 30.5 Å². The molecule has 7 heteroatoms. The smallest absolute Gasteiger partial charge is 0.199 e. The minimum Gasteiger partial charge on any atom is -0.494 e. The standard InChI is InChI=1S/C25H24N6O/c1-25(2,26)16-9-11-17(12-10-16)27-23(15-8-13-21-20(14-15)29-30-31(21)3)22-18-6-4-5-7-19(18)28-24(22)32/h4-14,28,32H,26H2,1-3H3. The number of hydrogen-bond acceptors (Lipinski definition) is 5. The summed E-state index contributed by atoms with van der Waals surface area (Å²) in [6.07, 6.45) is 0. The van der Waals surface area contributed by atoms with Crippen LogP contribution in [0.3, 0.4) is 0 Å². The van der Waals surface area contributed by atoms with Gasteiger partial charge in [0.2, 0.25) is 0 Å². The van der Waals surface area contributed by atoms with E-state index >= 15 is 0 Å². The molecule has 160 valence electrons. The van der Waals surface area contributed by atoms with Crippen molar-refractivity contribution < 1.29 is 5.11 Å². The molecule has 0 atom stereocenters. The summed E-state index contributed by atoms with van der Waals surface area (Å²) in [5.74, 6) is 0.0731. The van der Waals surface area contributed by atoms with Crippen molar-refractivity contribution in [3.8, 4) is 5.88 Å². The van der Waals surface area contributed by atoms with Crippen LogP contribution in [0.5, 0.6) is 5.88 Å². The maximum atomic E-state index is 10.8. The highest BCUT2D eigenvalue weighted by atomic mass is 16.3. The fourth-order valence-corrected chi connectivity index (χ4v) is 3.91. The van der Waals surface area contributed by atoms with E-state index in [0.29, 0.717) is 11.3 Å². The number of nitrogens with two attached hydrogens (primary N) is 1. The van der Waals surface area contributed by atoms with Crippen LogP contribution in [0.15, 0.2) is 71.7 Å². The van der Waals surface area contributed by atoms with Crippen LogP contribution in [0.2, 0.25) is 0 Å². The lowest BCUT2D eigenvalue weighted by atomic mass is 9.95. The molecule has 2 aromatic heterocycles. The van der Waals surface area contributed by atoms with Crippen molar-refractivity contribution in [3.63, 3.8) is 0 Å². The van der Waals surface area contributed by atoms with Crippen molar-refractivity contribution in [2.75, 3.05) is 0 Å². The lowest BCUT2D eigenvalue weighted by molar-refractivity contribution is 0.457. The molecule has 0 amide bonds. The van der Waals surface area contributed by atoms with E-state index in [4.69, 9.17) is 10.7 Å². The molecule has 0 spiro atoms. The first-order valence-corrected chi connectivity index (χ1v) is 10.4. The van der Waals surface area contributed by atoms with E-state index in [1.807, 2.05) is 87.6 Å². The van der Waals surface area contributed by atoms with Crippen molar-refractivity contribution in [2.24, 2.45) is 17.8 Å². The molecule has 0 bridgehead atoms. The van der Waals surface area contributed by atoms with Crippen LogP contribution in [0.25, 0.3) is 21.9 Å². The summed E-state index contributed by atoms with van der Waals surface area (Å²) < 4.78 is 1.73. The number of rotatable bonds is 4. The van der Waals surface area contributed by atoms with E-state index in [1.54, 1.807) is 4.68 Å². The first-order chi connectivity index (χ1) is 15.3. The summed E-state index contributed by atoms with van der Waals surface area (Å²) in [7, 11) is 1.86. The lowest BCUT2D eigenvalue weighted by Crippen LogP contribution is -2.28. The molecular weight excluding hydrogens is 400 g/mol. The summed E-state index contributed by atoms with van der Waals surface area (Å²) in [5.41, 5.74) is 12.2.